The summed E-state index contributed by atoms with van der Waals surface area (Å²) in [5.74, 6) is 0.0876. The minimum atomic E-state index is -3.72. The third-order valence-electron chi connectivity index (χ3n) is 3.91. The summed E-state index contributed by atoms with van der Waals surface area (Å²) in [6.07, 6.45) is 0. The van der Waals surface area contributed by atoms with Crippen molar-refractivity contribution in [3.05, 3.63) is 52.4 Å². The van der Waals surface area contributed by atoms with E-state index in [9.17, 15) is 12.8 Å². The zero-order chi connectivity index (χ0) is 17.6. The van der Waals surface area contributed by atoms with Crippen molar-refractivity contribution in [1.82, 2.24) is 14.4 Å². The maximum atomic E-state index is 13.2. The van der Waals surface area contributed by atoms with E-state index in [0.717, 1.165) is 17.0 Å². The van der Waals surface area contributed by atoms with Crippen LogP contribution in [0.2, 0.25) is 5.02 Å². The number of aromatic nitrogens is 2. The molecule has 1 aliphatic heterocycles. The van der Waals surface area contributed by atoms with Crippen molar-refractivity contribution in [3.63, 3.8) is 0 Å². The lowest BCUT2D eigenvalue weighted by molar-refractivity contribution is 0.217. The van der Waals surface area contributed by atoms with Gasteiger partial charge in [0.05, 0.1) is 20.7 Å². The molecule has 25 heavy (non-hydrogen) atoms. The molecule has 1 saturated heterocycles. The van der Waals surface area contributed by atoms with Crippen LogP contribution in [-0.2, 0) is 10.0 Å². The SMILES string of the molecule is O=S(=O)(c1ccc(F)c(Cl)c1)N1CC(c2nc(-c3cccs3)no2)C1. The number of hydrogen-bond donors (Lipinski definition) is 0. The number of hydrogen-bond acceptors (Lipinski definition) is 6. The molecule has 1 aromatic carbocycles. The molecule has 0 saturated carbocycles. The van der Waals surface area contributed by atoms with Gasteiger partial charge in [-0.3, -0.25) is 0 Å². The molecule has 1 aliphatic rings. The van der Waals surface area contributed by atoms with E-state index in [4.69, 9.17) is 16.1 Å². The first-order chi connectivity index (χ1) is 11.9. The topological polar surface area (TPSA) is 76.3 Å². The Morgan fingerprint density at radius 3 is 2.80 bits per heavy atom. The maximum Gasteiger partial charge on any atom is 0.243 e. The van der Waals surface area contributed by atoms with Crippen LogP contribution in [0, 0.1) is 5.82 Å². The molecule has 0 N–H and O–H groups in total. The summed E-state index contributed by atoms with van der Waals surface area (Å²) < 4.78 is 44.8. The highest BCUT2D eigenvalue weighted by Gasteiger charge is 2.40. The predicted molar refractivity (Wildman–Crippen MR) is 90.5 cm³/mol. The van der Waals surface area contributed by atoms with Gasteiger partial charge in [-0.2, -0.15) is 9.29 Å². The Bertz CT molecular complexity index is 1010. The van der Waals surface area contributed by atoms with E-state index < -0.39 is 15.8 Å². The second-order valence-electron chi connectivity index (χ2n) is 5.53. The van der Waals surface area contributed by atoms with Gasteiger partial charge in [-0.15, -0.1) is 11.3 Å². The van der Waals surface area contributed by atoms with Crippen LogP contribution in [0.5, 0.6) is 0 Å². The van der Waals surface area contributed by atoms with E-state index in [1.165, 1.54) is 21.7 Å². The second kappa shape index (κ2) is 6.17. The fourth-order valence-electron chi connectivity index (χ4n) is 2.48. The van der Waals surface area contributed by atoms with Crippen LogP contribution >= 0.6 is 22.9 Å². The summed E-state index contributed by atoms with van der Waals surface area (Å²) in [6.45, 7) is 0.451. The zero-order valence-corrected chi connectivity index (χ0v) is 15.0. The van der Waals surface area contributed by atoms with E-state index in [1.54, 1.807) is 0 Å². The van der Waals surface area contributed by atoms with Gasteiger partial charge in [-0.25, -0.2) is 12.8 Å². The summed E-state index contributed by atoms with van der Waals surface area (Å²) >= 11 is 7.17. The highest BCUT2D eigenvalue weighted by Crippen LogP contribution is 2.33. The molecule has 2 aromatic heterocycles. The summed E-state index contributed by atoms with van der Waals surface area (Å²) in [5.41, 5.74) is 0. The smallest absolute Gasteiger partial charge is 0.243 e. The minimum Gasteiger partial charge on any atom is -0.339 e. The average Bonchev–Trinajstić information content (AvgIpc) is 3.19. The Labute approximate surface area is 151 Å². The van der Waals surface area contributed by atoms with Crippen molar-refractivity contribution in [2.75, 3.05) is 13.1 Å². The maximum absolute atomic E-state index is 13.2. The van der Waals surface area contributed by atoms with Crippen LogP contribution < -0.4 is 0 Å². The molecular formula is C15H11ClFN3O3S2. The lowest BCUT2D eigenvalue weighted by Gasteiger charge is -2.35. The number of sulfonamides is 1. The molecule has 0 unspecified atom stereocenters. The Morgan fingerprint density at radius 1 is 1.32 bits per heavy atom. The summed E-state index contributed by atoms with van der Waals surface area (Å²) in [7, 11) is -3.72. The number of rotatable bonds is 4. The van der Waals surface area contributed by atoms with Crippen LogP contribution in [0.25, 0.3) is 10.7 Å². The minimum absolute atomic E-state index is 0.0397. The third kappa shape index (κ3) is 2.97. The first kappa shape index (κ1) is 16.6. The predicted octanol–water partition coefficient (Wildman–Crippen LogP) is 3.38. The molecule has 10 heteroatoms. The summed E-state index contributed by atoms with van der Waals surface area (Å²) in [5, 5.41) is 5.61. The van der Waals surface area contributed by atoms with E-state index in [1.807, 2.05) is 17.5 Å². The Morgan fingerprint density at radius 2 is 2.12 bits per heavy atom. The quantitative estimate of drug-likeness (QED) is 0.672. The van der Waals surface area contributed by atoms with E-state index >= 15 is 0 Å². The molecule has 130 valence electrons. The van der Waals surface area contributed by atoms with Gasteiger partial charge in [0.25, 0.3) is 0 Å². The molecule has 0 aliphatic carbocycles. The third-order valence-corrected chi connectivity index (χ3v) is 6.89. The number of nitrogens with zero attached hydrogens (tertiary/aromatic N) is 3. The monoisotopic (exact) mass is 399 g/mol. The van der Waals surface area contributed by atoms with Crippen molar-refractivity contribution < 1.29 is 17.3 Å². The van der Waals surface area contributed by atoms with Gasteiger partial charge in [-0.05, 0) is 29.6 Å². The molecule has 1 fully saturated rings. The van der Waals surface area contributed by atoms with Gasteiger partial charge in [0, 0.05) is 13.1 Å². The molecule has 0 radical (unpaired) electrons. The van der Waals surface area contributed by atoms with Gasteiger partial charge >= 0.3 is 0 Å². The van der Waals surface area contributed by atoms with Crippen LogP contribution in [0.3, 0.4) is 0 Å². The Hall–Kier alpha value is -1.81. The summed E-state index contributed by atoms with van der Waals surface area (Å²) in [4.78, 5) is 5.18. The molecular weight excluding hydrogens is 389 g/mol. The number of benzene rings is 1. The molecule has 0 bridgehead atoms. The van der Waals surface area contributed by atoms with Gasteiger partial charge in [0.2, 0.25) is 21.7 Å². The molecule has 3 aromatic rings. The fourth-order valence-corrected chi connectivity index (χ4v) is 4.94. The number of halogens is 2. The molecule has 3 heterocycles. The normalized spacial score (nSPS) is 16.1. The van der Waals surface area contributed by atoms with E-state index in [2.05, 4.69) is 10.1 Å². The highest BCUT2D eigenvalue weighted by atomic mass is 35.5. The summed E-state index contributed by atoms with van der Waals surface area (Å²) in [6, 6.07) is 7.13. The first-order valence-corrected chi connectivity index (χ1v) is 9.97. The number of thiophene rings is 1. The molecule has 0 amide bonds. The molecule has 0 spiro atoms. The lowest BCUT2D eigenvalue weighted by atomic mass is 10.0. The second-order valence-corrected chi connectivity index (χ2v) is 8.82. The van der Waals surface area contributed by atoms with E-state index in [0.29, 0.717) is 11.7 Å². The highest BCUT2D eigenvalue weighted by molar-refractivity contribution is 7.89. The van der Waals surface area contributed by atoms with Crippen LogP contribution in [0.4, 0.5) is 4.39 Å². The first-order valence-electron chi connectivity index (χ1n) is 7.28. The van der Waals surface area contributed by atoms with Gasteiger partial charge < -0.3 is 4.52 Å². The van der Waals surface area contributed by atoms with Crippen LogP contribution in [-0.4, -0.2) is 36.0 Å². The van der Waals surface area contributed by atoms with Gasteiger partial charge in [-0.1, -0.05) is 22.8 Å². The fraction of sp³-hybridized carbons (Fsp3) is 0.200. The van der Waals surface area contributed by atoms with E-state index in [-0.39, 0.29) is 28.9 Å². The van der Waals surface area contributed by atoms with Crippen molar-refractivity contribution in [2.45, 2.75) is 10.8 Å². The van der Waals surface area contributed by atoms with Gasteiger partial charge in [0.15, 0.2) is 0 Å². The lowest BCUT2D eigenvalue weighted by Crippen LogP contribution is -2.48. The molecule has 6 nitrogen and oxygen atoms in total. The van der Waals surface area contributed by atoms with Crippen molar-refractivity contribution in [2.24, 2.45) is 0 Å². The van der Waals surface area contributed by atoms with Gasteiger partial charge in [0.1, 0.15) is 5.82 Å². The molecule has 4 rings (SSSR count). The molecule has 0 atom stereocenters. The van der Waals surface area contributed by atoms with Crippen molar-refractivity contribution in [3.8, 4) is 10.7 Å². The average molecular weight is 400 g/mol. The van der Waals surface area contributed by atoms with Crippen LogP contribution in [0.15, 0.2) is 45.1 Å². The standard InChI is InChI=1S/C15H11ClFN3O3S2/c16-11-6-10(3-4-12(11)17)25(21,22)20-7-9(8-20)15-18-14(19-23-15)13-2-1-5-24-13/h1-6,9H,7-8H2. The Balaban J connectivity index is 1.49. The van der Waals surface area contributed by atoms with Crippen molar-refractivity contribution >= 4 is 33.0 Å². The largest absolute Gasteiger partial charge is 0.339 e. The van der Waals surface area contributed by atoms with Crippen LogP contribution in [0.1, 0.15) is 11.8 Å². The van der Waals surface area contributed by atoms with Crippen molar-refractivity contribution in [1.29, 1.82) is 0 Å². The Kier molecular flexibility index (Phi) is 4.11. The zero-order valence-electron chi connectivity index (χ0n) is 12.6.